The summed E-state index contributed by atoms with van der Waals surface area (Å²) in [5.41, 5.74) is 1.69. The van der Waals surface area contributed by atoms with Gasteiger partial charge in [-0.3, -0.25) is 9.69 Å². The molecule has 2 aliphatic rings. The van der Waals surface area contributed by atoms with Gasteiger partial charge in [-0.25, -0.2) is 0 Å². The Morgan fingerprint density at radius 1 is 1.35 bits per heavy atom. The lowest BCUT2D eigenvalue weighted by atomic mass is 10.0. The molecule has 1 aromatic carbocycles. The number of hydrogen-bond donors (Lipinski definition) is 1. The summed E-state index contributed by atoms with van der Waals surface area (Å²) in [5.74, 6) is 1.03. The summed E-state index contributed by atoms with van der Waals surface area (Å²) in [5, 5.41) is 3.34. The third-order valence-corrected chi connectivity index (χ3v) is 4.95. The predicted molar refractivity (Wildman–Crippen MR) is 92.5 cm³/mol. The molecule has 2 unspecified atom stereocenters. The van der Waals surface area contributed by atoms with Crippen LogP contribution in [0.15, 0.2) is 18.2 Å². The molecule has 0 radical (unpaired) electrons. The number of hydrogen-bond acceptors (Lipinski definition) is 5. The molecule has 0 saturated carbocycles. The monoisotopic (exact) mass is 317 g/mol. The van der Waals surface area contributed by atoms with Gasteiger partial charge in [0, 0.05) is 31.7 Å². The SMILES string of the molecule is CCN1CCN(C(C)C(=O)c2ccc3c(c2)NCC(C)O3)CC1. The molecule has 1 saturated heterocycles. The Kier molecular flexibility index (Phi) is 4.87. The normalized spacial score (nSPS) is 23.5. The van der Waals surface area contributed by atoms with E-state index < -0.39 is 0 Å². The molecular formula is C18H27N3O2. The number of carbonyl (C=O) groups is 1. The second-order valence-corrected chi connectivity index (χ2v) is 6.53. The number of carbonyl (C=O) groups excluding carboxylic acids is 1. The maximum absolute atomic E-state index is 12.8. The standard InChI is InChI=1S/C18H27N3O2/c1-4-20-7-9-21(10-8-20)14(3)18(22)15-5-6-17-16(11-15)19-12-13(2)23-17/h5-6,11,13-14,19H,4,7-10,12H2,1-3H3. The lowest BCUT2D eigenvalue weighted by molar-refractivity contribution is 0.0710. The van der Waals surface area contributed by atoms with Gasteiger partial charge in [0.05, 0.1) is 18.3 Å². The van der Waals surface area contributed by atoms with Crippen molar-refractivity contribution in [3.05, 3.63) is 23.8 Å². The highest BCUT2D eigenvalue weighted by Crippen LogP contribution is 2.30. The Labute approximate surface area is 138 Å². The van der Waals surface area contributed by atoms with Gasteiger partial charge in [0.15, 0.2) is 5.78 Å². The van der Waals surface area contributed by atoms with Gasteiger partial charge in [-0.05, 0) is 38.6 Å². The average molecular weight is 317 g/mol. The van der Waals surface area contributed by atoms with E-state index in [9.17, 15) is 4.79 Å². The van der Waals surface area contributed by atoms with Crippen molar-refractivity contribution in [2.75, 3.05) is 44.6 Å². The number of likely N-dealkylation sites (N-methyl/N-ethyl adjacent to an activating group) is 1. The van der Waals surface area contributed by atoms with Gasteiger partial charge in [-0.15, -0.1) is 0 Å². The van der Waals surface area contributed by atoms with Crippen LogP contribution >= 0.6 is 0 Å². The first kappa shape index (κ1) is 16.3. The minimum Gasteiger partial charge on any atom is -0.487 e. The van der Waals surface area contributed by atoms with Crippen LogP contribution in [-0.2, 0) is 0 Å². The molecule has 0 amide bonds. The fraction of sp³-hybridized carbons (Fsp3) is 0.611. The number of ketones is 1. The van der Waals surface area contributed by atoms with Crippen molar-refractivity contribution in [1.29, 1.82) is 0 Å². The molecule has 5 nitrogen and oxygen atoms in total. The van der Waals surface area contributed by atoms with Crippen molar-refractivity contribution in [2.24, 2.45) is 0 Å². The molecule has 1 fully saturated rings. The zero-order chi connectivity index (χ0) is 16.4. The Bertz CT molecular complexity index is 567. The summed E-state index contributed by atoms with van der Waals surface area (Å²) in [6, 6.07) is 5.66. The Balaban J connectivity index is 1.68. The maximum Gasteiger partial charge on any atom is 0.179 e. The molecular weight excluding hydrogens is 290 g/mol. The number of nitrogens with zero attached hydrogens (tertiary/aromatic N) is 2. The first-order valence-corrected chi connectivity index (χ1v) is 8.63. The molecule has 2 aliphatic heterocycles. The molecule has 0 bridgehead atoms. The first-order chi connectivity index (χ1) is 11.1. The molecule has 2 atom stereocenters. The van der Waals surface area contributed by atoms with Crippen LogP contribution in [0, 0.1) is 0 Å². The quantitative estimate of drug-likeness (QED) is 0.862. The van der Waals surface area contributed by atoms with E-state index in [2.05, 4.69) is 22.0 Å². The number of fused-ring (bicyclic) bond motifs is 1. The van der Waals surface area contributed by atoms with E-state index in [0.717, 1.165) is 56.3 Å². The Morgan fingerprint density at radius 2 is 2.09 bits per heavy atom. The minimum absolute atomic E-state index is 0.0736. The number of benzene rings is 1. The van der Waals surface area contributed by atoms with Crippen LogP contribution in [-0.4, -0.2) is 67.0 Å². The maximum atomic E-state index is 12.8. The van der Waals surface area contributed by atoms with Crippen molar-refractivity contribution in [3.8, 4) is 5.75 Å². The third kappa shape index (κ3) is 3.51. The molecule has 126 valence electrons. The van der Waals surface area contributed by atoms with Crippen LogP contribution in [0.4, 0.5) is 5.69 Å². The van der Waals surface area contributed by atoms with E-state index in [4.69, 9.17) is 4.74 Å². The van der Waals surface area contributed by atoms with Gasteiger partial charge < -0.3 is 15.0 Å². The number of ether oxygens (including phenoxy) is 1. The molecule has 2 heterocycles. The van der Waals surface area contributed by atoms with Gasteiger partial charge in [-0.1, -0.05) is 6.92 Å². The van der Waals surface area contributed by atoms with Crippen LogP contribution in [0.1, 0.15) is 31.1 Å². The summed E-state index contributed by atoms with van der Waals surface area (Å²) in [6.45, 7) is 12.1. The first-order valence-electron chi connectivity index (χ1n) is 8.63. The summed E-state index contributed by atoms with van der Waals surface area (Å²) >= 11 is 0. The molecule has 23 heavy (non-hydrogen) atoms. The van der Waals surface area contributed by atoms with Crippen molar-refractivity contribution in [3.63, 3.8) is 0 Å². The summed E-state index contributed by atoms with van der Waals surface area (Å²) in [4.78, 5) is 17.5. The van der Waals surface area contributed by atoms with E-state index in [0.29, 0.717) is 0 Å². The van der Waals surface area contributed by atoms with Crippen LogP contribution in [0.3, 0.4) is 0 Å². The van der Waals surface area contributed by atoms with Crippen molar-refractivity contribution >= 4 is 11.5 Å². The summed E-state index contributed by atoms with van der Waals surface area (Å²) in [6.07, 6.45) is 0.165. The Morgan fingerprint density at radius 3 is 2.78 bits per heavy atom. The number of rotatable bonds is 4. The van der Waals surface area contributed by atoms with Gasteiger partial charge in [0.25, 0.3) is 0 Å². The fourth-order valence-electron chi connectivity index (χ4n) is 3.31. The van der Waals surface area contributed by atoms with Crippen LogP contribution < -0.4 is 10.1 Å². The van der Waals surface area contributed by atoms with Gasteiger partial charge in [0.2, 0.25) is 0 Å². The third-order valence-electron chi connectivity index (χ3n) is 4.95. The van der Waals surface area contributed by atoms with E-state index in [1.165, 1.54) is 0 Å². The highest BCUT2D eigenvalue weighted by molar-refractivity contribution is 6.01. The molecule has 0 spiro atoms. The zero-order valence-electron chi connectivity index (χ0n) is 14.3. The minimum atomic E-state index is -0.0736. The van der Waals surface area contributed by atoms with Gasteiger partial charge in [-0.2, -0.15) is 0 Å². The molecule has 0 aliphatic carbocycles. The number of nitrogens with one attached hydrogen (secondary N) is 1. The predicted octanol–water partition coefficient (Wildman–Crippen LogP) is 2.09. The number of piperazine rings is 1. The molecule has 5 heteroatoms. The molecule has 1 N–H and O–H groups in total. The van der Waals surface area contributed by atoms with Crippen LogP contribution in [0.25, 0.3) is 0 Å². The zero-order valence-corrected chi connectivity index (χ0v) is 14.3. The number of anilines is 1. The van der Waals surface area contributed by atoms with Gasteiger partial charge >= 0.3 is 0 Å². The lowest BCUT2D eigenvalue weighted by Gasteiger charge is -2.37. The second kappa shape index (κ2) is 6.89. The molecule has 0 aromatic heterocycles. The van der Waals surface area contributed by atoms with Crippen molar-refractivity contribution < 1.29 is 9.53 Å². The second-order valence-electron chi connectivity index (χ2n) is 6.53. The molecule has 1 aromatic rings. The summed E-state index contributed by atoms with van der Waals surface area (Å²) in [7, 11) is 0. The van der Waals surface area contributed by atoms with Crippen molar-refractivity contribution in [2.45, 2.75) is 32.9 Å². The Hall–Kier alpha value is -1.59. The van der Waals surface area contributed by atoms with E-state index in [1.54, 1.807) is 0 Å². The highest BCUT2D eigenvalue weighted by Gasteiger charge is 2.26. The fourth-order valence-corrected chi connectivity index (χ4v) is 3.31. The smallest absolute Gasteiger partial charge is 0.179 e. The highest BCUT2D eigenvalue weighted by atomic mass is 16.5. The van der Waals surface area contributed by atoms with Crippen molar-refractivity contribution in [1.82, 2.24) is 9.80 Å². The molecule has 3 rings (SSSR count). The van der Waals surface area contributed by atoms with E-state index in [1.807, 2.05) is 32.0 Å². The van der Waals surface area contributed by atoms with Crippen LogP contribution in [0.2, 0.25) is 0 Å². The lowest BCUT2D eigenvalue weighted by Crippen LogP contribution is -2.51. The van der Waals surface area contributed by atoms with E-state index >= 15 is 0 Å². The topological polar surface area (TPSA) is 44.8 Å². The largest absolute Gasteiger partial charge is 0.487 e. The van der Waals surface area contributed by atoms with Gasteiger partial charge in [0.1, 0.15) is 11.9 Å². The van der Waals surface area contributed by atoms with E-state index in [-0.39, 0.29) is 17.9 Å². The summed E-state index contributed by atoms with van der Waals surface area (Å²) < 4.78 is 5.78. The average Bonchev–Trinajstić information content (AvgIpc) is 2.60. The van der Waals surface area contributed by atoms with Crippen LogP contribution in [0.5, 0.6) is 5.75 Å². The number of Topliss-reactive ketones (excluding diaryl/α,β-unsaturated/α-hetero) is 1.